The normalized spacial score (nSPS) is 19.5. The molecule has 0 radical (unpaired) electrons. The Hall–Kier alpha value is -2.67. The van der Waals surface area contributed by atoms with E-state index in [9.17, 15) is 4.79 Å². The molecule has 0 saturated carbocycles. The van der Waals surface area contributed by atoms with Gasteiger partial charge in [-0.1, -0.05) is 13.0 Å². The molecule has 2 aliphatic heterocycles. The highest BCUT2D eigenvalue weighted by Gasteiger charge is 2.29. The van der Waals surface area contributed by atoms with Crippen molar-refractivity contribution >= 4 is 5.91 Å². The van der Waals surface area contributed by atoms with E-state index in [1.807, 2.05) is 36.2 Å². The monoisotopic (exact) mass is 396 g/mol. The number of hydrogen-bond donors (Lipinski definition) is 1. The van der Waals surface area contributed by atoms with E-state index in [0.717, 1.165) is 36.5 Å². The lowest BCUT2D eigenvalue weighted by molar-refractivity contribution is -0.139. The number of nitrogens with zero attached hydrogens (tertiary/aromatic N) is 3. The highest BCUT2D eigenvalue weighted by atomic mass is 16.5. The van der Waals surface area contributed by atoms with Gasteiger partial charge in [0.2, 0.25) is 0 Å². The Balaban J connectivity index is 1.43. The summed E-state index contributed by atoms with van der Waals surface area (Å²) in [5, 5.41) is 3.45. The smallest absolute Gasteiger partial charge is 0.263 e. The van der Waals surface area contributed by atoms with E-state index in [0.29, 0.717) is 31.0 Å². The zero-order valence-corrected chi connectivity index (χ0v) is 17.1. The molecule has 2 aliphatic rings. The summed E-state index contributed by atoms with van der Waals surface area (Å²) < 4.78 is 11.2. The van der Waals surface area contributed by atoms with Gasteiger partial charge in [-0.25, -0.2) is 9.97 Å². The molecule has 1 N–H and O–H groups in total. The van der Waals surface area contributed by atoms with E-state index in [4.69, 9.17) is 14.5 Å². The summed E-state index contributed by atoms with van der Waals surface area (Å²) in [7, 11) is 1.61. The molecule has 2 atom stereocenters. The molecule has 2 aromatic rings. The molecule has 7 nitrogen and oxygen atoms in total. The van der Waals surface area contributed by atoms with Crippen LogP contribution in [0.15, 0.2) is 30.5 Å². The van der Waals surface area contributed by atoms with Crippen LogP contribution in [0.2, 0.25) is 0 Å². The first kappa shape index (κ1) is 19.6. The van der Waals surface area contributed by atoms with Crippen molar-refractivity contribution in [1.29, 1.82) is 0 Å². The first-order valence-electron chi connectivity index (χ1n) is 10.4. The summed E-state index contributed by atoms with van der Waals surface area (Å²) in [6.45, 7) is 4.17. The van der Waals surface area contributed by atoms with E-state index < -0.39 is 6.10 Å². The van der Waals surface area contributed by atoms with E-state index in [1.54, 1.807) is 13.2 Å². The van der Waals surface area contributed by atoms with Crippen LogP contribution in [0.5, 0.6) is 11.5 Å². The average Bonchev–Trinajstić information content (AvgIpc) is 3.31. The number of carbonyl (C=O) groups excluding carboxylic acids is 1. The van der Waals surface area contributed by atoms with E-state index >= 15 is 0 Å². The number of methoxy groups -OCH3 is 1. The molecule has 4 rings (SSSR count). The predicted molar refractivity (Wildman–Crippen MR) is 109 cm³/mol. The quantitative estimate of drug-likeness (QED) is 0.809. The molecule has 0 unspecified atom stereocenters. The number of aromatic nitrogens is 2. The van der Waals surface area contributed by atoms with Gasteiger partial charge in [0, 0.05) is 37.3 Å². The summed E-state index contributed by atoms with van der Waals surface area (Å²) in [5.74, 6) is 2.23. The molecule has 0 spiro atoms. The zero-order valence-electron chi connectivity index (χ0n) is 17.1. The minimum atomic E-state index is -0.522. The highest BCUT2D eigenvalue weighted by Crippen LogP contribution is 2.25. The van der Waals surface area contributed by atoms with Crippen LogP contribution >= 0.6 is 0 Å². The third kappa shape index (κ3) is 4.34. The fraction of sp³-hybridized carbons (Fsp3) is 0.500. The lowest BCUT2D eigenvalue weighted by atomic mass is 10.1. The van der Waals surface area contributed by atoms with Crippen molar-refractivity contribution in [3.63, 3.8) is 0 Å². The fourth-order valence-corrected chi connectivity index (χ4v) is 3.94. The van der Waals surface area contributed by atoms with Crippen LogP contribution < -0.4 is 14.8 Å². The number of amides is 1. The molecule has 3 heterocycles. The largest absolute Gasteiger partial charge is 0.497 e. The molecule has 1 amide bonds. The number of rotatable bonds is 6. The molecular formula is C22H28N4O3. The average molecular weight is 396 g/mol. The van der Waals surface area contributed by atoms with E-state index in [-0.39, 0.29) is 11.9 Å². The van der Waals surface area contributed by atoms with Crippen molar-refractivity contribution in [3.8, 4) is 11.5 Å². The maximum absolute atomic E-state index is 13.1. The lowest BCUT2D eigenvalue weighted by Gasteiger charge is -2.31. The molecule has 7 heteroatoms. The van der Waals surface area contributed by atoms with Crippen LogP contribution in [-0.4, -0.2) is 47.1 Å². The van der Waals surface area contributed by atoms with E-state index in [1.165, 1.54) is 6.42 Å². The minimum absolute atomic E-state index is 0.00232. The van der Waals surface area contributed by atoms with Gasteiger partial charge in [0.1, 0.15) is 17.3 Å². The summed E-state index contributed by atoms with van der Waals surface area (Å²) in [5.41, 5.74) is 2.09. The molecule has 154 valence electrons. The number of ether oxygens (including phenoxy) is 2. The van der Waals surface area contributed by atoms with Crippen LogP contribution in [0.4, 0.5) is 0 Å². The van der Waals surface area contributed by atoms with Crippen LogP contribution in [0.1, 0.15) is 49.3 Å². The zero-order chi connectivity index (χ0) is 20.2. The molecule has 1 aromatic heterocycles. The molecular weight excluding hydrogens is 368 g/mol. The first-order chi connectivity index (χ1) is 14.2. The Bertz CT molecular complexity index is 867. The number of benzene rings is 1. The fourth-order valence-electron chi connectivity index (χ4n) is 3.94. The number of hydrogen-bond acceptors (Lipinski definition) is 6. The first-order valence-corrected chi connectivity index (χ1v) is 10.4. The van der Waals surface area contributed by atoms with Crippen molar-refractivity contribution in [2.45, 2.75) is 51.3 Å². The maximum atomic E-state index is 13.1. The molecule has 0 aliphatic carbocycles. The number of fused-ring (bicyclic) bond motifs is 1. The second-order valence-corrected chi connectivity index (χ2v) is 7.55. The van der Waals surface area contributed by atoms with Gasteiger partial charge in [-0.15, -0.1) is 0 Å². The van der Waals surface area contributed by atoms with Crippen LogP contribution in [-0.2, 0) is 17.8 Å². The Labute approximate surface area is 171 Å². The molecule has 1 saturated heterocycles. The Morgan fingerprint density at radius 2 is 2.24 bits per heavy atom. The second-order valence-electron chi connectivity index (χ2n) is 7.55. The minimum Gasteiger partial charge on any atom is -0.497 e. The van der Waals surface area contributed by atoms with E-state index in [2.05, 4.69) is 10.3 Å². The summed E-state index contributed by atoms with van der Waals surface area (Å²) in [4.78, 5) is 24.3. The van der Waals surface area contributed by atoms with Gasteiger partial charge in [-0.05, 0) is 37.9 Å². The van der Waals surface area contributed by atoms with Crippen LogP contribution in [0.25, 0.3) is 0 Å². The predicted octanol–water partition coefficient (Wildman–Crippen LogP) is 2.65. The van der Waals surface area contributed by atoms with Crippen molar-refractivity contribution in [2.24, 2.45) is 0 Å². The third-order valence-electron chi connectivity index (χ3n) is 5.60. The topological polar surface area (TPSA) is 76.6 Å². The molecule has 1 fully saturated rings. The Morgan fingerprint density at radius 1 is 1.38 bits per heavy atom. The summed E-state index contributed by atoms with van der Waals surface area (Å²) in [6, 6.07) is 7.62. The van der Waals surface area contributed by atoms with Crippen molar-refractivity contribution < 1.29 is 14.3 Å². The molecule has 0 bridgehead atoms. The van der Waals surface area contributed by atoms with Gasteiger partial charge in [-0.3, -0.25) is 4.79 Å². The molecule has 29 heavy (non-hydrogen) atoms. The van der Waals surface area contributed by atoms with Gasteiger partial charge < -0.3 is 19.7 Å². The summed E-state index contributed by atoms with van der Waals surface area (Å²) >= 11 is 0. The van der Waals surface area contributed by atoms with Gasteiger partial charge >= 0.3 is 0 Å². The van der Waals surface area contributed by atoms with Gasteiger partial charge in [0.05, 0.1) is 18.8 Å². The maximum Gasteiger partial charge on any atom is 0.263 e. The van der Waals surface area contributed by atoms with Crippen molar-refractivity contribution in [1.82, 2.24) is 20.2 Å². The lowest BCUT2D eigenvalue weighted by Crippen LogP contribution is -2.44. The standard InChI is InChI=1S/C22H28N4O3/c1-3-20(29-17-7-4-6-16(12-17)28-2)22(27)26-11-9-18-15(14-26)13-24-21(25-18)19-8-5-10-23-19/h4,6-7,12-13,19-20,23H,3,5,8-11,14H2,1-2H3/t19-,20+/m0/s1. The van der Waals surface area contributed by atoms with Crippen LogP contribution in [0, 0.1) is 0 Å². The SMILES string of the molecule is CC[C@@H](Oc1cccc(OC)c1)C(=O)N1CCc2nc([C@@H]3CCCN3)ncc2C1. The number of nitrogens with one attached hydrogen (secondary N) is 1. The molecule has 1 aromatic carbocycles. The second kappa shape index (κ2) is 8.78. The van der Waals surface area contributed by atoms with Crippen molar-refractivity contribution in [3.05, 3.63) is 47.5 Å². The summed E-state index contributed by atoms with van der Waals surface area (Å²) in [6.07, 6.45) is 4.97. The van der Waals surface area contributed by atoms with Crippen molar-refractivity contribution in [2.75, 3.05) is 20.2 Å². The van der Waals surface area contributed by atoms with Gasteiger partial charge in [0.15, 0.2) is 6.10 Å². The van der Waals surface area contributed by atoms with Gasteiger partial charge in [0.25, 0.3) is 5.91 Å². The van der Waals surface area contributed by atoms with Gasteiger partial charge in [-0.2, -0.15) is 0 Å². The Kier molecular flexibility index (Phi) is 5.94. The highest BCUT2D eigenvalue weighted by molar-refractivity contribution is 5.81. The third-order valence-corrected chi connectivity index (χ3v) is 5.60. The number of carbonyl (C=O) groups is 1. The Morgan fingerprint density at radius 3 is 3.00 bits per heavy atom. The van der Waals surface area contributed by atoms with Crippen LogP contribution in [0.3, 0.4) is 0 Å².